The van der Waals surface area contributed by atoms with E-state index in [1.807, 2.05) is 32.0 Å². The van der Waals surface area contributed by atoms with Crippen LogP contribution in [-0.4, -0.2) is 16.0 Å². The third-order valence-electron chi connectivity index (χ3n) is 2.57. The molecule has 1 aromatic heterocycles. The first kappa shape index (κ1) is 12.9. The summed E-state index contributed by atoms with van der Waals surface area (Å²) in [6.07, 6.45) is 0. The molecule has 5 nitrogen and oxygen atoms in total. The normalized spacial score (nSPS) is 10.2. The van der Waals surface area contributed by atoms with Gasteiger partial charge in [-0.1, -0.05) is 6.07 Å². The van der Waals surface area contributed by atoms with Gasteiger partial charge in [-0.05, 0) is 37.1 Å². The molecule has 0 radical (unpaired) electrons. The van der Waals surface area contributed by atoms with Crippen LogP contribution in [0.4, 0.5) is 5.69 Å². The first-order valence-corrected chi connectivity index (χ1v) is 5.77. The maximum atomic E-state index is 12.0. The molecule has 0 unspecified atom stereocenters. The fourth-order valence-electron chi connectivity index (χ4n) is 1.91. The van der Waals surface area contributed by atoms with Crippen LogP contribution in [0.3, 0.4) is 0 Å². The van der Waals surface area contributed by atoms with E-state index in [1.165, 1.54) is 6.07 Å². The lowest BCUT2D eigenvalue weighted by Gasteiger charge is -2.07. The summed E-state index contributed by atoms with van der Waals surface area (Å²) in [5.74, 6) is -0.774. The number of anilines is 1. The minimum atomic E-state index is -0.523. The van der Waals surface area contributed by atoms with Gasteiger partial charge in [-0.25, -0.2) is 0 Å². The Morgan fingerprint density at radius 3 is 2.32 bits per heavy atom. The molecule has 19 heavy (non-hydrogen) atoms. The molecule has 1 amide bonds. The van der Waals surface area contributed by atoms with Crippen molar-refractivity contribution >= 4 is 11.6 Å². The summed E-state index contributed by atoms with van der Waals surface area (Å²) < 4.78 is 0. The number of H-pyrrole nitrogens is 1. The van der Waals surface area contributed by atoms with Crippen molar-refractivity contribution in [1.82, 2.24) is 4.98 Å². The molecule has 2 aromatic rings. The van der Waals surface area contributed by atoms with Crippen molar-refractivity contribution in [3.05, 3.63) is 57.4 Å². The van der Waals surface area contributed by atoms with Gasteiger partial charge in [-0.2, -0.15) is 0 Å². The Kier molecular flexibility index (Phi) is 3.37. The molecule has 5 heteroatoms. The Hall–Kier alpha value is -2.56. The Labute approximate surface area is 109 Å². The molecule has 0 aliphatic rings. The number of nitrogens with one attached hydrogen (secondary N) is 2. The number of carbonyl (C=O) groups excluding carboxylic acids is 1. The monoisotopic (exact) mass is 258 g/mol. The molecule has 0 saturated heterocycles. The largest absolute Gasteiger partial charge is 0.494 e. The molecule has 2 rings (SSSR count). The van der Waals surface area contributed by atoms with Gasteiger partial charge in [0, 0.05) is 17.8 Å². The molecule has 0 fully saturated rings. The Morgan fingerprint density at radius 1 is 1.11 bits per heavy atom. The summed E-state index contributed by atoms with van der Waals surface area (Å²) in [6, 6.07) is 8.00. The lowest BCUT2D eigenvalue weighted by Crippen LogP contribution is -2.16. The van der Waals surface area contributed by atoms with E-state index in [1.54, 1.807) is 0 Å². The van der Waals surface area contributed by atoms with Crippen LogP contribution in [0, 0.1) is 13.8 Å². The molecule has 0 bridgehead atoms. The molecule has 0 atom stereocenters. The number of aryl methyl sites for hydroxylation is 2. The van der Waals surface area contributed by atoms with Crippen LogP contribution in [0.15, 0.2) is 35.1 Å². The highest BCUT2D eigenvalue weighted by molar-refractivity contribution is 6.04. The van der Waals surface area contributed by atoms with Crippen molar-refractivity contribution in [3.8, 4) is 5.88 Å². The summed E-state index contributed by atoms with van der Waals surface area (Å²) >= 11 is 0. The van der Waals surface area contributed by atoms with E-state index >= 15 is 0 Å². The third-order valence-corrected chi connectivity index (χ3v) is 2.57. The van der Waals surface area contributed by atoms with Crippen LogP contribution in [0.2, 0.25) is 0 Å². The topological polar surface area (TPSA) is 82.2 Å². The van der Waals surface area contributed by atoms with Gasteiger partial charge in [0.25, 0.3) is 11.5 Å². The van der Waals surface area contributed by atoms with Gasteiger partial charge >= 0.3 is 0 Å². The Bertz CT molecular complexity index is 669. The third kappa shape index (κ3) is 3.22. The van der Waals surface area contributed by atoms with Gasteiger partial charge in [-0.15, -0.1) is 0 Å². The number of rotatable bonds is 2. The lowest BCUT2D eigenvalue weighted by molar-refractivity contribution is 0.102. The number of aromatic nitrogens is 1. The van der Waals surface area contributed by atoms with Crippen molar-refractivity contribution in [1.29, 1.82) is 0 Å². The zero-order chi connectivity index (χ0) is 14.0. The molecule has 1 aromatic carbocycles. The predicted molar refractivity (Wildman–Crippen MR) is 72.6 cm³/mol. The number of pyridine rings is 1. The van der Waals surface area contributed by atoms with Gasteiger partial charge in [-0.3, -0.25) is 14.6 Å². The zero-order valence-corrected chi connectivity index (χ0v) is 10.7. The molecule has 0 spiro atoms. The summed E-state index contributed by atoms with van der Waals surface area (Å²) in [6.45, 7) is 3.86. The molecule has 3 N–H and O–H groups in total. The molecule has 1 heterocycles. The number of aromatic hydroxyl groups is 1. The Balaban J connectivity index is 2.27. The van der Waals surface area contributed by atoms with Crippen molar-refractivity contribution in [2.45, 2.75) is 13.8 Å². The number of amides is 1. The Morgan fingerprint density at radius 2 is 1.74 bits per heavy atom. The fraction of sp³-hybridized carbons (Fsp3) is 0.143. The first-order valence-electron chi connectivity index (χ1n) is 5.77. The van der Waals surface area contributed by atoms with Crippen molar-refractivity contribution in [2.24, 2.45) is 0 Å². The van der Waals surface area contributed by atoms with E-state index in [4.69, 9.17) is 0 Å². The minimum Gasteiger partial charge on any atom is -0.494 e. The highest BCUT2D eigenvalue weighted by atomic mass is 16.3. The second-order valence-corrected chi connectivity index (χ2v) is 4.45. The predicted octanol–water partition coefficient (Wildman–Crippen LogP) is 1.95. The molecular weight excluding hydrogens is 244 g/mol. The molecule has 0 aliphatic heterocycles. The van der Waals surface area contributed by atoms with E-state index in [0.29, 0.717) is 5.69 Å². The summed E-state index contributed by atoms with van der Waals surface area (Å²) in [7, 11) is 0. The quantitative estimate of drug-likeness (QED) is 0.770. The van der Waals surface area contributed by atoms with Crippen LogP contribution < -0.4 is 10.9 Å². The SMILES string of the molecule is Cc1cc(C)cc(NC(=O)c2cc(O)[nH]c(=O)c2)c1. The first-order chi connectivity index (χ1) is 8.94. The highest BCUT2D eigenvalue weighted by Gasteiger charge is 2.09. The highest BCUT2D eigenvalue weighted by Crippen LogP contribution is 2.15. The second kappa shape index (κ2) is 4.97. The number of aromatic amines is 1. The van der Waals surface area contributed by atoms with Crippen molar-refractivity contribution in [3.63, 3.8) is 0 Å². The van der Waals surface area contributed by atoms with E-state index in [-0.39, 0.29) is 11.4 Å². The summed E-state index contributed by atoms with van der Waals surface area (Å²) in [4.78, 5) is 25.3. The van der Waals surface area contributed by atoms with Gasteiger partial charge in [0.15, 0.2) is 5.88 Å². The molecular formula is C14H14N2O3. The average molecular weight is 258 g/mol. The van der Waals surface area contributed by atoms with Gasteiger partial charge in [0.2, 0.25) is 0 Å². The van der Waals surface area contributed by atoms with Crippen LogP contribution in [-0.2, 0) is 0 Å². The molecule has 0 aliphatic carbocycles. The second-order valence-electron chi connectivity index (χ2n) is 4.45. The van der Waals surface area contributed by atoms with Gasteiger partial charge < -0.3 is 10.4 Å². The summed E-state index contributed by atoms with van der Waals surface area (Å²) in [5.41, 5.74) is 2.31. The smallest absolute Gasteiger partial charge is 0.256 e. The average Bonchev–Trinajstić information content (AvgIpc) is 2.25. The fourth-order valence-corrected chi connectivity index (χ4v) is 1.91. The van der Waals surface area contributed by atoms with E-state index in [9.17, 15) is 14.7 Å². The molecule has 0 saturated carbocycles. The van der Waals surface area contributed by atoms with Crippen LogP contribution >= 0.6 is 0 Å². The van der Waals surface area contributed by atoms with E-state index < -0.39 is 11.5 Å². The minimum absolute atomic E-state index is 0.111. The number of benzene rings is 1. The summed E-state index contributed by atoms with van der Waals surface area (Å²) in [5, 5.41) is 12.0. The van der Waals surface area contributed by atoms with Gasteiger partial charge in [0.05, 0.1) is 5.56 Å². The van der Waals surface area contributed by atoms with E-state index in [2.05, 4.69) is 10.3 Å². The zero-order valence-electron chi connectivity index (χ0n) is 10.7. The number of carbonyl (C=O) groups is 1. The van der Waals surface area contributed by atoms with Crippen molar-refractivity contribution < 1.29 is 9.90 Å². The maximum Gasteiger partial charge on any atom is 0.256 e. The molecule has 98 valence electrons. The van der Waals surface area contributed by atoms with Gasteiger partial charge in [0.1, 0.15) is 0 Å². The number of hydrogen-bond donors (Lipinski definition) is 3. The maximum absolute atomic E-state index is 12.0. The lowest BCUT2D eigenvalue weighted by atomic mass is 10.1. The van der Waals surface area contributed by atoms with Crippen LogP contribution in [0.1, 0.15) is 21.5 Å². The number of hydrogen-bond acceptors (Lipinski definition) is 3. The van der Waals surface area contributed by atoms with Crippen LogP contribution in [0.5, 0.6) is 5.88 Å². The van der Waals surface area contributed by atoms with Crippen molar-refractivity contribution in [2.75, 3.05) is 5.32 Å². The standard InChI is InChI=1S/C14H14N2O3/c1-8-3-9(2)5-11(4-8)15-14(19)10-6-12(17)16-13(18)7-10/h3-7H,1-2H3,(H,15,19)(H2,16,17,18). The van der Waals surface area contributed by atoms with Crippen LogP contribution in [0.25, 0.3) is 0 Å². The van der Waals surface area contributed by atoms with E-state index in [0.717, 1.165) is 17.2 Å².